The number of halogens is 1. The Kier molecular flexibility index (Phi) is 6.85. The van der Waals surface area contributed by atoms with Crippen LogP contribution in [0.1, 0.15) is 5.56 Å². The van der Waals surface area contributed by atoms with Crippen LogP contribution >= 0.6 is 15.9 Å². The largest absolute Gasteiger partial charge is 0.493 e. The Morgan fingerprint density at radius 3 is 2.37 bits per heavy atom. The van der Waals surface area contributed by atoms with Crippen molar-refractivity contribution in [1.29, 1.82) is 0 Å². The second-order valence-corrected chi connectivity index (χ2v) is 8.75. The number of nitrogens with zero attached hydrogens (tertiary/aromatic N) is 1. The third-order valence-corrected chi connectivity index (χ3v) is 6.18. The van der Waals surface area contributed by atoms with Gasteiger partial charge in [0.1, 0.15) is 0 Å². The summed E-state index contributed by atoms with van der Waals surface area (Å²) in [6.45, 7) is 1.52. The predicted molar refractivity (Wildman–Crippen MR) is 107 cm³/mol. The normalized spacial score (nSPS) is 11.3. The summed E-state index contributed by atoms with van der Waals surface area (Å²) in [7, 11) is 0.363. The molecule has 27 heavy (non-hydrogen) atoms. The maximum absolute atomic E-state index is 12.7. The number of carbonyl (C=O) groups is 1. The molecule has 1 N–H and O–H groups in total. The lowest BCUT2D eigenvalue weighted by Gasteiger charge is -2.18. The number of hydrogen-bond donors (Lipinski definition) is 1. The Balaban J connectivity index is 2.16. The highest BCUT2D eigenvalue weighted by Gasteiger charge is 2.24. The molecule has 7 nitrogen and oxygen atoms in total. The molecule has 0 unspecified atom stereocenters. The molecule has 0 aliphatic heterocycles. The highest BCUT2D eigenvalue weighted by Crippen LogP contribution is 2.30. The van der Waals surface area contributed by atoms with Crippen molar-refractivity contribution < 1.29 is 22.7 Å². The van der Waals surface area contributed by atoms with Crippen LogP contribution in [0, 0.1) is 6.92 Å². The summed E-state index contributed by atoms with van der Waals surface area (Å²) in [5.74, 6) is 0.274. The molecule has 2 aromatic rings. The zero-order valence-corrected chi connectivity index (χ0v) is 17.8. The van der Waals surface area contributed by atoms with Gasteiger partial charge < -0.3 is 14.8 Å². The van der Waals surface area contributed by atoms with Crippen molar-refractivity contribution in [1.82, 2.24) is 4.31 Å². The van der Waals surface area contributed by atoms with Crippen molar-refractivity contribution in [2.45, 2.75) is 11.8 Å². The van der Waals surface area contributed by atoms with Gasteiger partial charge in [0.25, 0.3) is 0 Å². The number of rotatable bonds is 7. The fourth-order valence-corrected chi connectivity index (χ4v) is 4.02. The van der Waals surface area contributed by atoms with Gasteiger partial charge in [-0.3, -0.25) is 4.79 Å². The molecular formula is C18H21BrN2O5S. The van der Waals surface area contributed by atoms with Crippen LogP contribution in [0.5, 0.6) is 11.5 Å². The number of amides is 1. The first-order valence-corrected chi connectivity index (χ1v) is 10.2. The molecule has 0 fully saturated rings. The van der Waals surface area contributed by atoms with Gasteiger partial charge >= 0.3 is 0 Å². The van der Waals surface area contributed by atoms with Crippen molar-refractivity contribution >= 4 is 37.5 Å². The molecule has 146 valence electrons. The number of ether oxygens (including phenoxy) is 2. The van der Waals surface area contributed by atoms with E-state index in [9.17, 15) is 13.2 Å². The molecule has 0 heterocycles. The van der Waals surface area contributed by atoms with Crippen LogP contribution in [0.4, 0.5) is 5.69 Å². The van der Waals surface area contributed by atoms with Crippen molar-refractivity contribution in [3.8, 4) is 11.5 Å². The van der Waals surface area contributed by atoms with Crippen LogP contribution in [0.3, 0.4) is 0 Å². The lowest BCUT2D eigenvalue weighted by atomic mass is 10.2. The Morgan fingerprint density at radius 2 is 1.78 bits per heavy atom. The zero-order valence-electron chi connectivity index (χ0n) is 15.4. The summed E-state index contributed by atoms with van der Waals surface area (Å²) >= 11 is 3.36. The van der Waals surface area contributed by atoms with Crippen LogP contribution in [0.25, 0.3) is 0 Å². The van der Waals surface area contributed by atoms with E-state index in [1.807, 2.05) is 13.0 Å². The van der Waals surface area contributed by atoms with Crippen LogP contribution in [0.15, 0.2) is 45.8 Å². The van der Waals surface area contributed by atoms with Gasteiger partial charge in [0.2, 0.25) is 15.9 Å². The second-order valence-electron chi connectivity index (χ2n) is 5.79. The average Bonchev–Trinajstić information content (AvgIpc) is 2.63. The lowest BCUT2D eigenvalue weighted by Crippen LogP contribution is -2.35. The molecule has 0 saturated heterocycles. The second kappa shape index (κ2) is 8.73. The summed E-state index contributed by atoms with van der Waals surface area (Å²) in [5.41, 5.74) is 1.49. The van der Waals surface area contributed by atoms with E-state index in [0.29, 0.717) is 17.2 Å². The zero-order chi connectivity index (χ0) is 20.2. The maximum atomic E-state index is 12.7. The Hall–Kier alpha value is -2.10. The van der Waals surface area contributed by atoms with Crippen molar-refractivity contribution in [3.05, 3.63) is 46.4 Å². The molecule has 1 amide bonds. The molecule has 0 aromatic heterocycles. The number of aryl methyl sites for hydroxylation is 1. The van der Waals surface area contributed by atoms with E-state index in [2.05, 4.69) is 21.2 Å². The molecule has 0 atom stereocenters. The van der Waals surface area contributed by atoms with E-state index in [1.54, 1.807) is 12.1 Å². The average molecular weight is 457 g/mol. The first-order chi connectivity index (χ1) is 12.7. The molecule has 0 radical (unpaired) electrons. The van der Waals surface area contributed by atoms with E-state index >= 15 is 0 Å². The van der Waals surface area contributed by atoms with Crippen LogP contribution in [-0.2, 0) is 14.8 Å². The smallest absolute Gasteiger partial charge is 0.243 e. The first-order valence-electron chi connectivity index (χ1n) is 7.93. The minimum Gasteiger partial charge on any atom is -0.493 e. The Bertz CT molecular complexity index is 947. The topological polar surface area (TPSA) is 84.9 Å². The van der Waals surface area contributed by atoms with E-state index in [1.165, 1.54) is 39.5 Å². The molecular weight excluding hydrogens is 436 g/mol. The molecule has 0 aliphatic carbocycles. The van der Waals surface area contributed by atoms with E-state index < -0.39 is 15.9 Å². The standard InChI is InChI=1S/C18H21BrN2O5S/c1-12-9-13(19)5-7-15(12)20-18(22)11-21(2)27(23,24)14-6-8-16(25-3)17(10-14)26-4/h5-10H,11H2,1-4H3,(H,20,22). The van der Waals surface area contributed by atoms with Gasteiger partial charge in [0.05, 0.1) is 25.7 Å². The maximum Gasteiger partial charge on any atom is 0.243 e. The van der Waals surface area contributed by atoms with Crippen molar-refractivity contribution in [2.75, 3.05) is 33.1 Å². The van der Waals surface area contributed by atoms with Gasteiger partial charge in [-0.2, -0.15) is 4.31 Å². The number of carbonyl (C=O) groups excluding carboxylic acids is 1. The summed E-state index contributed by atoms with van der Waals surface area (Å²) < 4.78 is 37.6. The van der Waals surface area contributed by atoms with E-state index in [4.69, 9.17) is 9.47 Å². The Morgan fingerprint density at radius 1 is 1.11 bits per heavy atom. The fourth-order valence-electron chi connectivity index (χ4n) is 2.40. The van der Waals surface area contributed by atoms with Crippen molar-refractivity contribution in [2.24, 2.45) is 0 Å². The van der Waals surface area contributed by atoms with Gasteiger partial charge in [-0.15, -0.1) is 0 Å². The van der Waals surface area contributed by atoms with Gasteiger partial charge in [-0.1, -0.05) is 15.9 Å². The van der Waals surface area contributed by atoms with Crippen LogP contribution in [-0.4, -0.2) is 46.4 Å². The minimum absolute atomic E-state index is 0.00951. The monoisotopic (exact) mass is 456 g/mol. The summed E-state index contributed by atoms with van der Waals surface area (Å²) in [4.78, 5) is 12.3. The minimum atomic E-state index is -3.87. The number of anilines is 1. The molecule has 0 bridgehead atoms. The van der Waals surface area contributed by atoms with E-state index in [0.717, 1.165) is 14.3 Å². The fraction of sp³-hybridized carbons (Fsp3) is 0.278. The lowest BCUT2D eigenvalue weighted by molar-refractivity contribution is -0.116. The third kappa shape index (κ3) is 5.00. The van der Waals surface area contributed by atoms with Crippen LogP contribution < -0.4 is 14.8 Å². The van der Waals surface area contributed by atoms with Gasteiger partial charge in [0, 0.05) is 23.3 Å². The van der Waals surface area contributed by atoms with Crippen molar-refractivity contribution in [3.63, 3.8) is 0 Å². The third-order valence-electron chi connectivity index (χ3n) is 3.89. The molecule has 0 aliphatic rings. The number of hydrogen-bond acceptors (Lipinski definition) is 5. The van der Waals surface area contributed by atoms with Gasteiger partial charge in [-0.25, -0.2) is 8.42 Å². The SMILES string of the molecule is COc1ccc(S(=O)(=O)N(C)CC(=O)Nc2ccc(Br)cc2C)cc1OC. The first kappa shape index (κ1) is 21.2. The van der Waals surface area contributed by atoms with E-state index in [-0.39, 0.29) is 11.4 Å². The summed E-state index contributed by atoms with van der Waals surface area (Å²) in [6.07, 6.45) is 0. The Labute approximate surface area is 167 Å². The molecule has 2 aromatic carbocycles. The van der Waals surface area contributed by atoms with Gasteiger partial charge in [0.15, 0.2) is 11.5 Å². The number of nitrogens with one attached hydrogen (secondary N) is 1. The molecule has 0 spiro atoms. The van der Waals surface area contributed by atoms with Crippen LogP contribution in [0.2, 0.25) is 0 Å². The number of likely N-dealkylation sites (N-methyl/N-ethyl adjacent to an activating group) is 1. The number of sulfonamides is 1. The molecule has 2 rings (SSSR count). The highest BCUT2D eigenvalue weighted by atomic mass is 79.9. The van der Waals surface area contributed by atoms with Gasteiger partial charge in [-0.05, 0) is 42.8 Å². The quantitative estimate of drug-likeness (QED) is 0.691. The number of benzene rings is 2. The molecule has 0 saturated carbocycles. The predicted octanol–water partition coefficient (Wildman–Crippen LogP) is 3.03. The summed E-state index contributed by atoms with van der Waals surface area (Å²) in [6, 6.07) is 9.68. The highest BCUT2D eigenvalue weighted by molar-refractivity contribution is 9.10. The molecule has 9 heteroatoms. The summed E-state index contributed by atoms with van der Waals surface area (Å²) in [5, 5.41) is 2.72. The number of methoxy groups -OCH3 is 2.